The number of hydrogen-bond donors (Lipinski definition) is 2. The van der Waals surface area contributed by atoms with Crippen LogP contribution < -0.4 is 11.2 Å². The normalized spacial score (nSPS) is 12.4. The molecule has 1 amide bonds. The first-order chi connectivity index (χ1) is 11.8. The summed E-state index contributed by atoms with van der Waals surface area (Å²) in [5, 5.41) is 12.1. The van der Waals surface area contributed by atoms with Gasteiger partial charge in [0, 0.05) is 17.1 Å². The highest BCUT2D eigenvalue weighted by atomic mass is 35.5. The summed E-state index contributed by atoms with van der Waals surface area (Å²) in [4.78, 5) is 12.1. The molecule has 0 aliphatic rings. The van der Waals surface area contributed by atoms with Gasteiger partial charge in [-0.1, -0.05) is 48.8 Å². The standard InChI is InChI=1S/C16H21Cl2N5OS/c1-9(2)6-7-20-15(24)10(3)25-16-22-21-14(23(16)19)12-5-4-11(17)8-13(12)18/h4-5,8-10H,6-7,19H2,1-3H3,(H,20,24). The number of carbonyl (C=O) groups is 1. The largest absolute Gasteiger partial charge is 0.355 e. The number of rotatable bonds is 7. The first-order valence-corrected chi connectivity index (χ1v) is 9.53. The highest BCUT2D eigenvalue weighted by molar-refractivity contribution is 8.00. The quantitative estimate of drug-likeness (QED) is 0.546. The van der Waals surface area contributed by atoms with Crippen LogP contribution in [0.5, 0.6) is 0 Å². The molecule has 2 aromatic rings. The van der Waals surface area contributed by atoms with Crippen molar-refractivity contribution in [2.75, 3.05) is 12.4 Å². The third-order valence-electron chi connectivity index (χ3n) is 3.51. The number of nitrogen functional groups attached to an aromatic ring is 1. The van der Waals surface area contributed by atoms with Gasteiger partial charge in [0.25, 0.3) is 0 Å². The van der Waals surface area contributed by atoms with E-state index in [9.17, 15) is 4.79 Å². The van der Waals surface area contributed by atoms with E-state index in [2.05, 4.69) is 29.4 Å². The summed E-state index contributed by atoms with van der Waals surface area (Å²) >= 11 is 13.3. The Morgan fingerprint density at radius 3 is 2.68 bits per heavy atom. The fourth-order valence-corrected chi connectivity index (χ4v) is 3.34. The molecule has 0 aliphatic carbocycles. The minimum absolute atomic E-state index is 0.0558. The summed E-state index contributed by atoms with van der Waals surface area (Å²) in [6.45, 7) is 6.69. The third kappa shape index (κ3) is 5.26. The molecule has 1 aromatic carbocycles. The van der Waals surface area contributed by atoms with Gasteiger partial charge >= 0.3 is 0 Å². The first kappa shape index (κ1) is 19.9. The Hall–Kier alpha value is -1.44. The topological polar surface area (TPSA) is 85.8 Å². The summed E-state index contributed by atoms with van der Waals surface area (Å²) in [6.07, 6.45) is 0.940. The lowest BCUT2D eigenvalue weighted by molar-refractivity contribution is -0.120. The van der Waals surface area contributed by atoms with E-state index < -0.39 is 0 Å². The number of amides is 1. The van der Waals surface area contributed by atoms with E-state index in [0.29, 0.717) is 39.1 Å². The van der Waals surface area contributed by atoms with Crippen LogP contribution in [-0.2, 0) is 4.79 Å². The van der Waals surface area contributed by atoms with E-state index in [1.54, 1.807) is 25.1 Å². The van der Waals surface area contributed by atoms with Gasteiger partial charge in [0.15, 0.2) is 5.82 Å². The van der Waals surface area contributed by atoms with Gasteiger partial charge in [0.1, 0.15) is 0 Å². The molecule has 2 rings (SSSR count). The molecule has 0 radical (unpaired) electrons. The van der Waals surface area contributed by atoms with Crippen molar-refractivity contribution in [2.45, 2.75) is 37.6 Å². The zero-order valence-electron chi connectivity index (χ0n) is 14.3. The smallest absolute Gasteiger partial charge is 0.233 e. The molecule has 3 N–H and O–H groups in total. The minimum Gasteiger partial charge on any atom is -0.355 e. The van der Waals surface area contributed by atoms with Crippen molar-refractivity contribution in [3.63, 3.8) is 0 Å². The number of hydrogen-bond acceptors (Lipinski definition) is 5. The second-order valence-electron chi connectivity index (χ2n) is 6.03. The van der Waals surface area contributed by atoms with Crippen molar-refractivity contribution in [1.82, 2.24) is 20.2 Å². The lowest BCUT2D eigenvalue weighted by atomic mass is 10.1. The van der Waals surface area contributed by atoms with Gasteiger partial charge in [0.2, 0.25) is 11.1 Å². The van der Waals surface area contributed by atoms with Crippen LogP contribution in [0.4, 0.5) is 0 Å². The van der Waals surface area contributed by atoms with Crippen LogP contribution in [-0.4, -0.2) is 32.6 Å². The van der Waals surface area contributed by atoms with E-state index >= 15 is 0 Å². The second kappa shape index (κ2) is 8.78. The molecule has 0 saturated heterocycles. The Balaban J connectivity index is 2.06. The monoisotopic (exact) mass is 401 g/mol. The zero-order chi connectivity index (χ0) is 18.6. The molecule has 0 fully saturated rings. The summed E-state index contributed by atoms with van der Waals surface area (Å²) in [5.74, 6) is 6.98. The molecule has 0 bridgehead atoms. The van der Waals surface area contributed by atoms with Crippen molar-refractivity contribution in [3.05, 3.63) is 28.2 Å². The number of nitrogens with zero attached hydrogens (tertiary/aromatic N) is 3. The fourth-order valence-electron chi connectivity index (χ4n) is 2.05. The maximum absolute atomic E-state index is 12.1. The number of carbonyl (C=O) groups excluding carboxylic acids is 1. The van der Waals surface area contributed by atoms with E-state index in [1.807, 2.05) is 0 Å². The summed E-state index contributed by atoms with van der Waals surface area (Å²) in [7, 11) is 0. The highest BCUT2D eigenvalue weighted by Gasteiger charge is 2.20. The van der Waals surface area contributed by atoms with Crippen LogP contribution in [0.3, 0.4) is 0 Å². The average Bonchev–Trinajstić information content (AvgIpc) is 2.88. The van der Waals surface area contributed by atoms with Crippen LogP contribution in [0.25, 0.3) is 11.4 Å². The number of nitrogens with one attached hydrogen (secondary N) is 1. The molecule has 0 saturated carbocycles. The Bertz CT molecular complexity index is 750. The SMILES string of the molecule is CC(C)CCNC(=O)C(C)Sc1nnc(-c2ccc(Cl)cc2Cl)n1N. The van der Waals surface area contributed by atoms with Crippen molar-refractivity contribution in [3.8, 4) is 11.4 Å². The van der Waals surface area contributed by atoms with Gasteiger partial charge in [-0.25, -0.2) is 4.68 Å². The number of nitrogens with two attached hydrogens (primary N) is 1. The van der Waals surface area contributed by atoms with Crippen molar-refractivity contribution in [1.29, 1.82) is 0 Å². The van der Waals surface area contributed by atoms with E-state index in [-0.39, 0.29) is 11.2 Å². The van der Waals surface area contributed by atoms with Crippen LogP contribution in [0, 0.1) is 5.92 Å². The Labute approximate surface area is 161 Å². The number of benzene rings is 1. The molecule has 9 heteroatoms. The third-order valence-corrected chi connectivity index (χ3v) is 5.11. The molecule has 1 aromatic heterocycles. The molecule has 0 spiro atoms. The Morgan fingerprint density at radius 1 is 1.32 bits per heavy atom. The van der Waals surface area contributed by atoms with E-state index in [4.69, 9.17) is 29.0 Å². The van der Waals surface area contributed by atoms with Crippen molar-refractivity contribution >= 4 is 40.9 Å². The summed E-state index contributed by atoms with van der Waals surface area (Å²) in [6, 6.07) is 5.05. The highest BCUT2D eigenvalue weighted by Crippen LogP contribution is 2.31. The maximum atomic E-state index is 12.1. The lowest BCUT2D eigenvalue weighted by Gasteiger charge is -2.12. The maximum Gasteiger partial charge on any atom is 0.233 e. The number of thioether (sulfide) groups is 1. The predicted octanol–water partition coefficient (Wildman–Crippen LogP) is 3.61. The van der Waals surface area contributed by atoms with Crippen molar-refractivity contribution < 1.29 is 4.79 Å². The van der Waals surface area contributed by atoms with Crippen LogP contribution >= 0.6 is 35.0 Å². The molecule has 25 heavy (non-hydrogen) atoms. The lowest BCUT2D eigenvalue weighted by Crippen LogP contribution is -2.32. The van der Waals surface area contributed by atoms with Gasteiger partial charge in [-0.15, -0.1) is 10.2 Å². The second-order valence-corrected chi connectivity index (χ2v) is 8.19. The first-order valence-electron chi connectivity index (χ1n) is 7.90. The number of aromatic nitrogens is 3. The molecule has 1 heterocycles. The molecular formula is C16H21Cl2N5OS. The molecule has 0 aliphatic heterocycles. The molecule has 136 valence electrons. The average molecular weight is 402 g/mol. The van der Waals surface area contributed by atoms with E-state index in [0.717, 1.165) is 6.42 Å². The van der Waals surface area contributed by atoms with Gasteiger partial charge in [-0.3, -0.25) is 4.79 Å². The van der Waals surface area contributed by atoms with Gasteiger partial charge in [0.05, 0.1) is 10.3 Å². The fraction of sp³-hybridized carbons (Fsp3) is 0.438. The molecule has 1 unspecified atom stereocenters. The van der Waals surface area contributed by atoms with E-state index in [1.165, 1.54) is 16.4 Å². The van der Waals surface area contributed by atoms with Crippen LogP contribution in [0.15, 0.2) is 23.4 Å². The Kier molecular flexibility index (Phi) is 6.98. The van der Waals surface area contributed by atoms with Crippen LogP contribution in [0.1, 0.15) is 27.2 Å². The Morgan fingerprint density at radius 2 is 2.04 bits per heavy atom. The van der Waals surface area contributed by atoms with Gasteiger partial charge < -0.3 is 11.2 Å². The predicted molar refractivity (Wildman–Crippen MR) is 103 cm³/mol. The van der Waals surface area contributed by atoms with Crippen molar-refractivity contribution in [2.24, 2.45) is 5.92 Å². The zero-order valence-corrected chi connectivity index (χ0v) is 16.6. The molecule has 6 nitrogen and oxygen atoms in total. The van der Waals surface area contributed by atoms with Crippen LogP contribution in [0.2, 0.25) is 10.0 Å². The molecular weight excluding hydrogens is 381 g/mol. The summed E-state index contributed by atoms with van der Waals surface area (Å²) in [5.41, 5.74) is 0.627. The van der Waals surface area contributed by atoms with Gasteiger partial charge in [-0.05, 0) is 37.5 Å². The number of halogens is 2. The van der Waals surface area contributed by atoms with Gasteiger partial charge in [-0.2, -0.15) is 0 Å². The molecule has 1 atom stereocenters. The minimum atomic E-state index is -0.341. The summed E-state index contributed by atoms with van der Waals surface area (Å²) < 4.78 is 1.33.